The molecule has 0 aliphatic rings. The fourth-order valence-corrected chi connectivity index (χ4v) is 2.76. The molecule has 1 N–H and O–H groups in total. The Morgan fingerprint density at radius 1 is 1.05 bits per heavy atom. The summed E-state index contributed by atoms with van der Waals surface area (Å²) < 4.78 is 1.92. The fourth-order valence-electron chi connectivity index (χ4n) is 2.76. The number of anilines is 1. The number of benzene rings is 2. The number of rotatable bonds is 3. The van der Waals surface area contributed by atoms with Crippen molar-refractivity contribution in [1.82, 2.24) is 9.78 Å². The lowest BCUT2D eigenvalue weighted by atomic mass is 10.0. The van der Waals surface area contributed by atoms with Crippen molar-refractivity contribution in [2.24, 2.45) is 7.05 Å². The van der Waals surface area contributed by atoms with Gasteiger partial charge in [0.2, 0.25) is 0 Å². The van der Waals surface area contributed by atoms with E-state index in [0.29, 0.717) is 0 Å². The maximum Gasteiger partial charge on any atom is 0.0828 e. The third-order valence-electron chi connectivity index (χ3n) is 4.14. The van der Waals surface area contributed by atoms with Crippen molar-refractivity contribution in [3.8, 4) is 0 Å². The van der Waals surface area contributed by atoms with E-state index in [-0.39, 0.29) is 6.04 Å². The van der Waals surface area contributed by atoms with Gasteiger partial charge in [-0.05, 0) is 43.2 Å². The van der Waals surface area contributed by atoms with Crippen molar-refractivity contribution in [2.45, 2.75) is 26.8 Å². The second-order valence-corrected chi connectivity index (χ2v) is 5.64. The first-order valence-electron chi connectivity index (χ1n) is 7.31. The largest absolute Gasteiger partial charge is 0.376 e. The van der Waals surface area contributed by atoms with Gasteiger partial charge < -0.3 is 5.32 Å². The van der Waals surface area contributed by atoms with Crippen LogP contribution < -0.4 is 5.32 Å². The Bertz CT molecular complexity index is 786. The van der Waals surface area contributed by atoms with Gasteiger partial charge in [-0.2, -0.15) is 5.10 Å². The number of aromatic nitrogens is 2. The van der Waals surface area contributed by atoms with Crippen molar-refractivity contribution in [1.29, 1.82) is 0 Å². The van der Waals surface area contributed by atoms with Crippen molar-refractivity contribution >= 4 is 16.5 Å². The normalized spacial score (nSPS) is 12.6. The molecule has 0 aliphatic heterocycles. The summed E-state index contributed by atoms with van der Waals surface area (Å²) in [5.74, 6) is 0. The molecule has 3 aromatic rings. The van der Waals surface area contributed by atoms with Gasteiger partial charge in [-0.1, -0.05) is 36.4 Å². The van der Waals surface area contributed by atoms with Gasteiger partial charge in [0, 0.05) is 13.1 Å². The Morgan fingerprint density at radius 3 is 2.43 bits per heavy atom. The van der Waals surface area contributed by atoms with Crippen LogP contribution in [0, 0.1) is 13.8 Å². The Hall–Kier alpha value is -2.29. The van der Waals surface area contributed by atoms with E-state index in [4.69, 9.17) is 0 Å². The molecule has 1 aromatic heterocycles. The minimum Gasteiger partial charge on any atom is -0.376 e. The van der Waals surface area contributed by atoms with Gasteiger partial charge in [0.15, 0.2) is 0 Å². The lowest BCUT2D eigenvalue weighted by Crippen LogP contribution is -2.08. The number of aryl methyl sites for hydroxylation is 2. The quantitative estimate of drug-likeness (QED) is 0.772. The van der Waals surface area contributed by atoms with Crippen LogP contribution in [-0.2, 0) is 7.05 Å². The lowest BCUT2D eigenvalue weighted by Gasteiger charge is -2.16. The standard InChI is InChI=1S/C18H21N3/c1-12(19-18-13(2)20-21(4)14(18)3)16-10-9-15-7-5-6-8-17(15)11-16/h5-12,19H,1-4H3. The molecule has 3 nitrogen and oxygen atoms in total. The van der Waals surface area contributed by atoms with Gasteiger partial charge in [0.05, 0.1) is 17.1 Å². The molecule has 0 spiro atoms. The van der Waals surface area contributed by atoms with Crippen molar-refractivity contribution in [2.75, 3.05) is 5.32 Å². The van der Waals surface area contributed by atoms with Crippen LogP contribution in [0.3, 0.4) is 0 Å². The number of fused-ring (bicyclic) bond motifs is 1. The highest BCUT2D eigenvalue weighted by Gasteiger charge is 2.13. The van der Waals surface area contributed by atoms with E-state index in [2.05, 4.69) is 66.7 Å². The molecular weight excluding hydrogens is 258 g/mol. The van der Waals surface area contributed by atoms with Gasteiger partial charge in [0.1, 0.15) is 0 Å². The van der Waals surface area contributed by atoms with Crippen LogP contribution in [0.4, 0.5) is 5.69 Å². The van der Waals surface area contributed by atoms with Gasteiger partial charge in [-0.15, -0.1) is 0 Å². The first-order valence-corrected chi connectivity index (χ1v) is 7.31. The van der Waals surface area contributed by atoms with E-state index < -0.39 is 0 Å². The van der Waals surface area contributed by atoms with Crippen LogP contribution in [0.15, 0.2) is 42.5 Å². The van der Waals surface area contributed by atoms with Gasteiger partial charge in [-0.3, -0.25) is 4.68 Å². The molecule has 1 heterocycles. The zero-order chi connectivity index (χ0) is 15.0. The smallest absolute Gasteiger partial charge is 0.0828 e. The van der Waals surface area contributed by atoms with Crippen molar-refractivity contribution < 1.29 is 0 Å². The molecule has 3 rings (SSSR count). The topological polar surface area (TPSA) is 29.9 Å². The molecule has 0 fully saturated rings. The molecule has 0 radical (unpaired) electrons. The van der Waals surface area contributed by atoms with Crippen LogP contribution in [0.5, 0.6) is 0 Å². The Kier molecular flexibility index (Phi) is 3.42. The molecule has 2 aromatic carbocycles. The molecule has 0 saturated carbocycles. The van der Waals surface area contributed by atoms with Crippen molar-refractivity contribution in [3.05, 3.63) is 59.4 Å². The van der Waals surface area contributed by atoms with Crippen LogP contribution >= 0.6 is 0 Å². The average Bonchev–Trinajstić information content (AvgIpc) is 2.73. The number of hydrogen-bond acceptors (Lipinski definition) is 2. The van der Waals surface area contributed by atoms with E-state index in [0.717, 1.165) is 11.4 Å². The highest BCUT2D eigenvalue weighted by molar-refractivity contribution is 5.83. The summed E-state index contributed by atoms with van der Waals surface area (Å²) in [5, 5.41) is 10.6. The fraction of sp³-hybridized carbons (Fsp3) is 0.278. The molecule has 21 heavy (non-hydrogen) atoms. The maximum absolute atomic E-state index is 4.46. The predicted molar refractivity (Wildman–Crippen MR) is 88.7 cm³/mol. The molecule has 1 atom stereocenters. The zero-order valence-electron chi connectivity index (χ0n) is 13.0. The Labute approximate surface area is 125 Å². The molecule has 3 heteroatoms. The summed E-state index contributed by atoms with van der Waals surface area (Å²) in [5.41, 5.74) is 4.64. The SMILES string of the molecule is Cc1nn(C)c(C)c1NC(C)c1ccc2ccccc2c1. The number of hydrogen-bond donors (Lipinski definition) is 1. The van der Waals surface area contributed by atoms with Gasteiger partial charge >= 0.3 is 0 Å². The third kappa shape index (κ3) is 2.51. The predicted octanol–water partition coefficient (Wildman–Crippen LogP) is 4.36. The third-order valence-corrected chi connectivity index (χ3v) is 4.14. The van der Waals surface area contributed by atoms with Crippen LogP contribution in [0.25, 0.3) is 10.8 Å². The zero-order valence-corrected chi connectivity index (χ0v) is 13.0. The van der Waals surface area contributed by atoms with E-state index in [1.807, 2.05) is 18.7 Å². The number of nitrogens with zero attached hydrogens (tertiary/aromatic N) is 2. The maximum atomic E-state index is 4.46. The Morgan fingerprint density at radius 2 is 1.76 bits per heavy atom. The molecule has 0 aliphatic carbocycles. The van der Waals surface area contributed by atoms with Crippen molar-refractivity contribution in [3.63, 3.8) is 0 Å². The molecular formula is C18H21N3. The molecule has 1 unspecified atom stereocenters. The average molecular weight is 279 g/mol. The van der Waals surface area contributed by atoms with Crippen LogP contribution in [0.2, 0.25) is 0 Å². The summed E-state index contributed by atoms with van der Waals surface area (Å²) in [6.45, 7) is 6.33. The summed E-state index contributed by atoms with van der Waals surface area (Å²) in [6, 6.07) is 15.3. The highest BCUT2D eigenvalue weighted by Crippen LogP contribution is 2.26. The summed E-state index contributed by atoms with van der Waals surface area (Å²) in [7, 11) is 1.98. The lowest BCUT2D eigenvalue weighted by molar-refractivity contribution is 0.731. The Balaban J connectivity index is 1.91. The molecule has 0 bridgehead atoms. The number of nitrogens with one attached hydrogen (secondary N) is 1. The summed E-state index contributed by atoms with van der Waals surface area (Å²) in [6.07, 6.45) is 0. The van der Waals surface area contributed by atoms with Gasteiger partial charge in [-0.25, -0.2) is 0 Å². The van der Waals surface area contributed by atoms with Gasteiger partial charge in [0.25, 0.3) is 0 Å². The first kappa shape index (κ1) is 13.7. The van der Waals surface area contributed by atoms with E-state index in [1.165, 1.54) is 22.0 Å². The highest BCUT2D eigenvalue weighted by atomic mass is 15.3. The minimum absolute atomic E-state index is 0.246. The molecule has 0 amide bonds. The second-order valence-electron chi connectivity index (χ2n) is 5.64. The van der Waals surface area contributed by atoms with E-state index in [1.54, 1.807) is 0 Å². The first-order chi connectivity index (χ1) is 10.1. The van der Waals surface area contributed by atoms with E-state index >= 15 is 0 Å². The molecule has 108 valence electrons. The molecule has 0 saturated heterocycles. The van der Waals surface area contributed by atoms with Crippen LogP contribution in [0.1, 0.15) is 29.9 Å². The minimum atomic E-state index is 0.246. The summed E-state index contributed by atoms with van der Waals surface area (Å²) in [4.78, 5) is 0. The monoisotopic (exact) mass is 279 g/mol. The second kappa shape index (κ2) is 5.24. The van der Waals surface area contributed by atoms with Crippen LogP contribution in [-0.4, -0.2) is 9.78 Å². The summed E-state index contributed by atoms with van der Waals surface area (Å²) >= 11 is 0. The van der Waals surface area contributed by atoms with E-state index in [9.17, 15) is 0 Å².